The molecule has 0 aliphatic heterocycles. The summed E-state index contributed by atoms with van der Waals surface area (Å²) in [7, 11) is 1.39. The largest absolute Gasteiger partial charge is 0.465 e. The van der Waals surface area contributed by atoms with Gasteiger partial charge in [0, 0.05) is 21.8 Å². The van der Waals surface area contributed by atoms with Crippen LogP contribution in [0.3, 0.4) is 0 Å². The summed E-state index contributed by atoms with van der Waals surface area (Å²) in [6.45, 7) is 0. The van der Waals surface area contributed by atoms with Gasteiger partial charge in [-0.15, -0.1) is 11.3 Å². The number of hydrogen-bond donors (Lipinski definition) is 1. The lowest BCUT2D eigenvalue weighted by atomic mass is 10.2. The van der Waals surface area contributed by atoms with E-state index in [1.165, 1.54) is 18.4 Å². The average Bonchev–Trinajstić information content (AvgIpc) is 3.30. The van der Waals surface area contributed by atoms with Crippen LogP contribution in [0.2, 0.25) is 0 Å². The van der Waals surface area contributed by atoms with Gasteiger partial charge in [-0.1, -0.05) is 18.2 Å². The number of ether oxygens (including phenoxy) is 1. The van der Waals surface area contributed by atoms with E-state index in [-0.39, 0.29) is 5.97 Å². The van der Waals surface area contributed by atoms with Gasteiger partial charge in [-0.25, -0.2) is 9.48 Å². The zero-order valence-electron chi connectivity index (χ0n) is 12.6. The highest BCUT2D eigenvalue weighted by molar-refractivity contribution is 14.1. The first-order valence-corrected chi connectivity index (χ1v) is 9.12. The molecule has 0 amide bonds. The van der Waals surface area contributed by atoms with Gasteiger partial charge in [-0.2, -0.15) is 5.10 Å². The fraction of sp³-hybridized carbons (Fsp3) is 0.0588. The van der Waals surface area contributed by atoms with Gasteiger partial charge in [0.2, 0.25) is 0 Å². The molecule has 0 radical (unpaired) electrons. The van der Waals surface area contributed by atoms with Crippen molar-refractivity contribution in [1.82, 2.24) is 14.8 Å². The first kappa shape index (κ1) is 15.4. The lowest BCUT2D eigenvalue weighted by molar-refractivity contribution is 0.0606. The second-order valence-corrected chi connectivity index (χ2v) is 7.26. The van der Waals surface area contributed by atoms with Crippen LogP contribution in [0.5, 0.6) is 0 Å². The molecule has 4 rings (SSSR count). The van der Waals surface area contributed by atoms with Gasteiger partial charge < -0.3 is 9.72 Å². The summed E-state index contributed by atoms with van der Waals surface area (Å²) in [4.78, 5) is 15.7. The van der Waals surface area contributed by atoms with E-state index in [1.54, 1.807) is 0 Å². The van der Waals surface area contributed by atoms with Gasteiger partial charge >= 0.3 is 5.97 Å². The summed E-state index contributed by atoms with van der Waals surface area (Å²) >= 11 is 3.63. The Bertz CT molecular complexity index is 1010. The maximum atomic E-state index is 11.7. The molecule has 0 spiro atoms. The molecular weight excluding hydrogens is 437 g/mol. The maximum Gasteiger partial charge on any atom is 0.348 e. The number of fused-ring (bicyclic) bond motifs is 1. The normalized spacial score (nSPS) is 11.1. The Morgan fingerprint density at radius 2 is 2.17 bits per heavy atom. The van der Waals surface area contributed by atoms with E-state index in [1.807, 2.05) is 40.5 Å². The number of esters is 1. The quantitative estimate of drug-likeness (QED) is 0.371. The number of rotatable bonds is 3. The van der Waals surface area contributed by atoms with Crippen LogP contribution < -0.4 is 0 Å². The van der Waals surface area contributed by atoms with Crippen LogP contribution in [0.15, 0.2) is 48.0 Å². The molecule has 0 aliphatic carbocycles. The third kappa shape index (κ3) is 2.53. The molecule has 3 aromatic heterocycles. The number of thiophene rings is 1. The third-order valence-corrected chi connectivity index (χ3v) is 5.43. The Labute approximate surface area is 155 Å². The van der Waals surface area contributed by atoms with E-state index < -0.39 is 0 Å². The summed E-state index contributed by atoms with van der Waals surface area (Å²) < 4.78 is 7.67. The first-order valence-electron chi connectivity index (χ1n) is 7.16. The number of H-pyrrole nitrogens is 1. The van der Waals surface area contributed by atoms with Crippen LogP contribution in [-0.4, -0.2) is 27.8 Å². The summed E-state index contributed by atoms with van der Waals surface area (Å²) in [5, 5.41) is 7.58. The molecule has 5 nitrogen and oxygen atoms in total. The molecule has 7 heteroatoms. The molecule has 0 saturated heterocycles. The van der Waals surface area contributed by atoms with Crippen LogP contribution in [-0.2, 0) is 4.74 Å². The molecule has 0 aliphatic rings. The molecule has 0 atom stereocenters. The van der Waals surface area contributed by atoms with Crippen LogP contribution in [0.1, 0.15) is 9.67 Å². The maximum absolute atomic E-state index is 11.7. The summed E-state index contributed by atoms with van der Waals surface area (Å²) in [6, 6.07) is 12.0. The van der Waals surface area contributed by atoms with Crippen molar-refractivity contribution < 1.29 is 9.53 Å². The van der Waals surface area contributed by atoms with Crippen molar-refractivity contribution in [3.8, 4) is 17.1 Å². The zero-order chi connectivity index (χ0) is 16.7. The Hall–Kier alpha value is -2.13. The van der Waals surface area contributed by atoms with Gasteiger partial charge in [-0.3, -0.25) is 0 Å². The van der Waals surface area contributed by atoms with Crippen molar-refractivity contribution in [3.63, 3.8) is 0 Å². The van der Waals surface area contributed by atoms with Gasteiger partial charge in [0.1, 0.15) is 10.7 Å². The second kappa shape index (κ2) is 6.06. The lowest BCUT2D eigenvalue weighted by Crippen LogP contribution is -2.00. The Morgan fingerprint density at radius 3 is 2.96 bits per heavy atom. The van der Waals surface area contributed by atoms with Crippen molar-refractivity contribution in [1.29, 1.82) is 0 Å². The molecule has 4 aromatic rings. The first-order chi connectivity index (χ1) is 11.7. The standard InChI is InChI=1S/C17H12IN3O2S/c1-23-17(22)14-6-11(9-24-14)16-12(18)8-19-21(16)15-7-10-4-2-3-5-13(10)20-15/h2-9,20H,1H3. The smallest absolute Gasteiger partial charge is 0.348 e. The van der Waals surface area contributed by atoms with Gasteiger partial charge in [0.05, 0.1) is 22.6 Å². The summed E-state index contributed by atoms with van der Waals surface area (Å²) in [5.41, 5.74) is 2.96. The molecule has 0 unspecified atom stereocenters. The number of carbonyl (C=O) groups is 1. The Balaban J connectivity index is 1.84. The predicted molar refractivity (Wildman–Crippen MR) is 103 cm³/mol. The SMILES string of the molecule is COC(=O)c1cc(-c2c(I)cnn2-c2cc3ccccc3[nH]2)cs1. The number of hydrogen-bond acceptors (Lipinski definition) is 4. The summed E-state index contributed by atoms with van der Waals surface area (Å²) in [6.07, 6.45) is 1.82. The topological polar surface area (TPSA) is 59.9 Å². The Kier molecular flexibility index (Phi) is 3.89. The van der Waals surface area contributed by atoms with E-state index in [0.29, 0.717) is 4.88 Å². The number of para-hydroxylation sites is 1. The van der Waals surface area contributed by atoms with Crippen molar-refractivity contribution in [2.24, 2.45) is 0 Å². The van der Waals surface area contributed by atoms with Gasteiger partial charge in [0.25, 0.3) is 0 Å². The van der Waals surface area contributed by atoms with E-state index in [0.717, 1.165) is 31.5 Å². The zero-order valence-corrected chi connectivity index (χ0v) is 15.6. The second-order valence-electron chi connectivity index (χ2n) is 5.19. The molecule has 1 N–H and O–H groups in total. The minimum absolute atomic E-state index is 0.321. The highest BCUT2D eigenvalue weighted by Crippen LogP contribution is 2.32. The third-order valence-electron chi connectivity index (χ3n) is 3.73. The molecule has 0 saturated carbocycles. The van der Waals surface area contributed by atoms with Crippen molar-refractivity contribution in [2.45, 2.75) is 0 Å². The summed E-state index contributed by atoms with van der Waals surface area (Å²) in [5.74, 6) is 0.567. The van der Waals surface area contributed by atoms with E-state index >= 15 is 0 Å². The predicted octanol–water partition coefficient (Wildman–Crippen LogP) is 4.47. The molecule has 0 fully saturated rings. The van der Waals surface area contributed by atoms with Crippen molar-refractivity contribution in [2.75, 3.05) is 7.11 Å². The van der Waals surface area contributed by atoms with Crippen LogP contribution in [0.4, 0.5) is 0 Å². The van der Waals surface area contributed by atoms with E-state index in [2.05, 4.69) is 44.8 Å². The lowest BCUT2D eigenvalue weighted by Gasteiger charge is -2.04. The number of carbonyl (C=O) groups excluding carboxylic acids is 1. The molecule has 120 valence electrons. The van der Waals surface area contributed by atoms with Crippen molar-refractivity contribution in [3.05, 3.63) is 56.4 Å². The number of methoxy groups -OCH3 is 1. The Morgan fingerprint density at radius 1 is 1.33 bits per heavy atom. The van der Waals surface area contributed by atoms with Crippen molar-refractivity contribution >= 4 is 50.8 Å². The molecule has 24 heavy (non-hydrogen) atoms. The fourth-order valence-electron chi connectivity index (χ4n) is 2.61. The molecule has 1 aromatic carbocycles. The van der Waals surface area contributed by atoms with Crippen LogP contribution in [0, 0.1) is 3.57 Å². The minimum Gasteiger partial charge on any atom is -0.465 e. The molecule has 0 bridgehead atoms. The highest BCUT2D eigenvalue weighted by atomic mass is 127. The van der Waals surface area contributed by atoms with Gasteiger partial charge in [-0.05, 0) is 40.8 Å². The number of aromatic amines is 1. The van der Waals surface area contributed by atoms with Crippen LogP contribution >= 0.6 is 33.9 Å². The number of halogens is 1. The molecule has 3 heterocycles. The molecular formula is C17H12IN3O2S. The average molecular weight is 449 g/mol. The number of aromatic nitrogens is 3. The van der Waals surface area contributed by atoms with Gasteiger partial charge in [0.15, 0.2) is 0 Å². The monoisotopic (exact) mass is 449 g/mol. The van der Waals surface area contributed by atoms with E-state index in [4.69, 9.17) is 4.74 Å². The van der Waals surface area contributed by atoms with E-state index in [9.17, 15) is 4.79 Å². The highest BCUT2D eigenvalue weighted by Gasteiger charge is 2.18. The number of benzene rings is 1. The number of nitrogens with one attached hydrogen (secondary N) is 1. The minimum atomic E-state index is -0.321. The number of nitrogens with zero attached hydrogens (tertiary/aromatic N) is 2. The van der Waals surface area contributed by atoms with Crippen LogP contribution in [0.25, 0.3) is 28.0 Å². The fourth-order valence-corrected chi connectivity index (χ4v) is 4.08.